The van der Waals surface area contributed by atoms with Crippen LogP contribution in [0.1, 0.15) is 22.7 Å². The van der Waals surface area contributed by atoms with Crippen LogP contribution >= 0.6 is 0 Å². The number of nitrogens with one attached hydrogen (secondary N) is 1. The van der Waals surface area contributed by atoms with Gasteiger partial charge in [0.1, 0.15) is 5.82 Å². The molecule has 0 unspecified atom stereocenters. The molecular formula is C17H23N5O2. The number of nitrogens with zero attached hydrogens (tertiary/aromatic N) is 4. The van der Waals surface area contributed by atoms with Crippen molar-refractivity contribution >= 4 is 11.8 Å². The summed E-state index contributed by atoms with van der Waals surface area (Å²) in [4.78, 5) is 20.8. The van der Waals surface area contributed by atoms with Crippen molar-refractivity contribution in [2.24, 2.45) is 0 Å². The van der Waals surface area contributed by atoms with Gasteiger partial charge in [-0.25, -0.2) is 9.78 Å². The first kappa shape index (κ1) is 16.4. The number of amides is 2. The molecule has 0 saturated carbocycles. The van der Waals surface area contributed by atoms with Crippen LogP contribution in [0.5, 0.6) is 0 Å². The first-order chi connectivity index (χ1) is 11.5. The van der Waals surface area contributed by atoms with Gasteiger partial charge >= 0.3 is 6.03 Å². The van der Waals surface area contributed by atoms with E-state index >= 15 is 0 Å². The van der Waals surface area contributed by atoms with Gasteiger partial charge in [-0.1, -0.05) is 5.16 Å². The summed E-state index contributed by atoms with van der Waals surface area (Å²) in [5.74, 6) is 1.47. The van der Waals surface area contributed by atoms with E-state index in [2.05, 4.69) is 20.4 Å². The number of anilines is 1. The van der Waals surface area contributed by atoms with E-state index in [-0.39, 0.29) is 6.03 Å². The van der Waals surface area contributed by atoms with Crippen molar-refractivity contribution in [1.82, 2.24) is 19.9 Å². The lowest BCUT2D eigenvalue weighted by Gasteiger charge is -2.34. The van der Waals surface area contributed by atoms with Gasteiger partial charge in [0.05, 0.1) is 12.2 Å². The van der Waals surface area contributed by atoms with E-state index in [0.717, 1.165) is 42.3 Å². The van der Waals surface area contributed by atoms with Crippen LogP contribution in [0.15, 0.2) is 22.7 Å². The smallest absolute Gasteiger partial charge is 0.323 e. The fourth-order valence-electron chi connectivity index (χ4n) is 2.91. The maximum absolute atomic E-state index is 12.4. The summed E-state index contributed by atoms with van der Waals surface area (Å²) in [6.45, 7) is 9.56. The van der Waals surface area contributed by atoms with Crippen molar-refractivity contribution in [1.29, 1.82) is 0 Å². The van der Waals surface area contributed by atoms with E-state index in [1.165, 1.54) is 0 Å². The molecular weight excluding hydrogens is 306 g/mol. The molecule has 0 atom stereocenters. The van der Waals surface area contributed by atoms with Crippen LogP contribution in [0.3, 0.4) is 0 Å². The van der Waals surface area contributed by atoms with Crippen LogP contribution in [0.25, 0.3) is 0 Å². The Morgan fingerprint density at radius 1 is 1.12 bits per heavy atom. The summed E-state index contributed by atoms with van der Waals surface area (Å²) >= 11 is 0. The number of urea groups is 1. The molecule has 2 aromatic heterocycles. The van der Waals surface area contributed by atoms with Crippen LogP contribution in [0, 0.1) is 20.8 Å². The molecule has 1 fully saturated rings. The topological polar surface area (TPSA) is 74.5 Å². The number of aromatic nitrogens is 2. The van der Waals surface area contributed by atoms with Crippen LogP contribution < -0.4 is 5.32 Å². The summed E-state index contributed by atoms with van der Waals surface area (Å²) in [6, 6.07) is 5.72. The van der Waals surface area contributed by atoms with E-state index in [4.69, 9.17) is 4.52 Å². The highest BCUT2D eigenvalue weighted by Crippen LogP contribution is 2.13. The SMILES string of the molecule is Cc1cc(C)nc(NC(=O)N2CCN(Cc3cc(C)no3)CC2)c1. The molecule has 0 aromatic carbocycles. The number of carbonyl (C=O) groups is 1. The Labute approximate surface area is 141 Å². The first-order valence-corrected chi connectivity index (χ1v) is 8.15. The summed E-state index contributed by atoms with van der Waals surface area (Å²) in [7, 11) is 0. The molecule has 7 heteroatoms. The molecule has 3 rings (SSSR count). The Hall–Kier alpha value is -2.41. The van der Waals surface area contributed by atoms with Crippen molar-refractivity contribution in [2.45, 2.75) is 27.3 Å². The predicted octanol–water partition coefficient (Wildman–Crippen LogP) is 2.34. The van der Waals surface area contributed by atoms with E-state index < -0.39 is 0 Å². The zero-order valence-corrected chi connectivity index (χ0v) is 14.4. The molecule has 0 aliphatic carbocycles. The Bertz CT molecular complexity index is 699. The highest BCUT2D eigenvalue weighted by atomic mass is 16.5. The van der Waals surface area contributed by atoms with Crippen LogP contribution in [-0.2, 0) is 6.54 Å². The van der Waals surface area contributed by atoms with Gasteiger partial charge in [-0.05, 0) is 38.5 Å². The molecule has 1 aliphatic heterocycles. The Balaban J connectivity index is 1.51. The van der Waals surface area contributed by atoms with Crippen molar-refractivity contribution in [2.75, 3.05) is 31.5 Å². The van der Waals surface area contributed by atoms with E-state index in [1.807, 2.05) is 43.9 Å². The third-order valence-corrected chi connectivity index (χ3v) is 4.05. The van der Waals surface area contributed by atoms with Gasteiger partial charge in [-0.2, -0.15) is 0 Å². The minimum absolute atomic E-state index is 0.0948. The molecule has 3 heterocycles. The lowest BCUT2D eigenvalue weighted by Crippen LogP contribution is -2.49. The molecule has 128 valence electrons. The van der Waals surface area contributed by atoms with E-state index in [0.29, 0.717) is 18.9 Å². The molecule has 2 amide bonds. The number of piperazine rings is 1. The molecule has 0 spiro atoms. The number of carbonyl (C=O) groups excluding carboxylic acids is 1. The van der Waals surface area contributed by atoms with Crippen molar-refractivity contribution in [3.05, 3.63) is 40.9 Å². The van der Waals surface area contributed by atoms with E-state index in [9.17, 15) is 4.79 Å². The Kier molecular flexibility index (Phi) is 4.80. The maximum atomic E-state index is 12.4. The predicted molar refractivity (Wildman–Crippen MR) is 90.8 cm³/mol. The molecule has 24 heavy (non-hydrogen) atoms. The molecule has 0 radical (unpaired) electrons. The van der Waals surface area contributed by atoms with Gasteiger partial charge in [-0.15, -0.1) is 0 Å². The second-order valence-electron chi connectivity index (χ2n) is 6.30. The molecule has 1 saturated heterocycles. The molecule has 0 bridgehead atoms. The van der Waals surface area contributed by atoms with E-state index in [1.54, 1.807) is 0 Å². The van der Waals surface area contributed by atoms with Crippen LogP contribution in [-0.4, -0.2) is 52.2 Å². The maximum Gasteiger partial charge on any atom is 0.323 e. The third kappa shape index (κ3) is 4.11. The molecule has 2 aromatic rings. The number of hydrogen-bond acceptors (Lipinski definition) is 5. The van der Waals surface area contributed by atoms with Gasteiger partial charge in [0.25, 0.3) is 0 Å². The minimum Gasteiger partial charge on any atom is -0.360 e. The van der Waals surface area contributed by atoms with Gasteiger partial charge in [0, 0.05) is 37.9 Å². The zero-order chi connectivity index (χ0) is 17.1. The van der Waals surface area contributed by atoms with Crippen LogP contribution in [0.2, 0.25) is 0 Å². The fraction of sp³-hybridized carbons (Fsp3) is 0.471. The van der Waals surface area contributed by atoms with Gasteiger partial charge in [-0.3, -0.25) is 10.2 Å². The number of hydrogen-bond donors (Lipinski definition) is 1. The molecule has 1 aliphatic rings. The zero-order valence-electron chi connectivity index (χ0n) is 14.4. The average Bonchev–Trinajstić information content (AvgIpc) is 2.92. The van der Waals surface area contributed by atoms with Gasteiger partial charge in [0.15, 0.2) is 5.76 Å². The van der Waals surface area contributed by atoms with Gasteiger partial charge in [0.2, 0.25) is 0 Å². The Morgan fingerprint density at radius 2 is 1.88 bits per heavy atom. The summed E-state index contributed by atoms with van der Waals surface area (Å²) in [5, 5.41) is 6.79. The van der Waals surface area contributed by atoms with Crippen LogP contribution in [0.4, 0.5) is 10.6 Å². The monoisotopic (exact) mass is 329 g/mol. The third-order valence-electron chi connectivity index (χ3n) is 4.05. The standard InChI is InChI=1S/C17H23N5O2/c1-12-8-13(2)18-16(9-12)19-17(23)22-6-4-21(5-7-22)11-15-10-14(3)20-24-15/h8-10H,4-7,11H2,1-3H3,(H,18,19,23). The fourth-order valence-corrected chi connectivity index (χ4v) is 2.91. The molecule has 7 nitrogen and oxygen atoms in total. The summed E-state index contributed by atoms with van der Waals surface area (Å²) in [5.41, 5.74) is 2.88. The average molecular weight is 329 g/mol. The number of pyridine rings is 1. The van der Waals surface area contributed by atoms with Gasteiger partial charge < -0.3 is 9.42 Å². The molecule has 1 N–H and O–H groups in total. The highest BCUT2D eigenvalue weighted by Gasteiger charge is 2.22. The second-order valence-corrected chi connectivity index (χ2v) is 6.30. The summed E-state index contributed by atoms with van der Waals surface area (Å²) in [6.07, 6.45) is 0. The lowest BCUT2D eigenvalue weighted by atomic mass is 10.2. The van der Waals surface area contributed by atoms with Crippen molar-refractivity contribution in [3.63, 3.8) is 0 Å². The number of rotatable bonds is 3. The second kappa shape index (κ2) is 7.00. The highest BCUT2D eigenvalue weighted by molar-refractivity contribution is 5.88. The van der Waals surface area contributed by atoms with Crippen molar-refractivity contribution in [3.8, 4) is 0 Å². The quantitative estimate of drug-likeness (QED) is 0.935. The van der Waals surface area contributed by atoms with Crippen molar-refractivity contribution < 1.29 is 9.32 Å². The number of aryl methyl sites for hydroxylation is 3. The minimum atomic E-state index is -0.0948. The largest absolute Gasteiger partial charge is 0.360 e. The summed E-state index contributed by atoms with van der Waals surface area (Å²) < 4.78 is 5.25. The Morgan fingerprint density at radius 3 is 2.50 bits per heavy atom. The normalized spacial score (nSPS) is 15.5. The first-order valence-electron chi connectivity index (χ1n) is 8.15. The lowest BCUT2D eigenvalue weighted by molar-refractivity contribution is 0.134.